The summed E-state index contributed by atoms with van der Waals surface area (Å²) in [6.45, 7) is 42.4. The fraction of sp³-hybridized carbons (Fsp3) is 0.278. The normalized spacial score (nSPS) is 14.4. The van der Waals surface area contributed by atoms with Gasteiger partial charge in [0, 0.05) is 77.9 Å². The second-order valence-electron chi connectivity index (χ2n) is 39.3. The van der Waals surface area contributed by atoms with Gasteiger partial charge < -0.3 is 18.9 Å². The molecule has 1 fully saturated rings. The number of aromatic nitrogens is 2. The zero-order chi connectivity index (χ0) is 78.7. The Bertz CT molecular complexity index is 5620. The molecule has 18 rings (SSSR count). The van der Waals surface area contributed by atoms with Crippen LogP contribution in [-0.4, -0.2) is 15.8 Å². The van der Waals surface area contributed by atoms with Gasteiger partial charge in [-0.2, -0.15) is 0 Å². The van der Waals surface area contributed by atoms with E-state index in [4.69, 9.17) is 0 Å². The summed E-state index contributed by atoms with van der Waals surface area (Å²) in [7, 11) is 0. The van der Waals surface area contributed by atoms with Crippen molar-refractivity contribution in [2.24, 2.45) is 0 Å². The van der Waals surface area contributed by atoms with Crippen LogP contribution >= 0.6 is 0 Å². The minimum absolute atomic E-state index is 0.0934. The molecule has 0 atom stereocenters. The van der Waals surface area contributed by atoms with Gasteiger partial charge in [-0.25, -0.2) is 0 Å². The number of benzene rings is 13. The molecule has 564 valence electrons. The van der Waals surface area contributed by atoms with Crippen LogP contribution in [0.25, 0.3) is 99.5 Å². The molecule has 13 aromatic carbocycles. The molecule has 0 spiro atoms. The molecule has 0 bridgehead atoms. The van der Waals surface area contributed by atoms with E-state index in [1.807, 2.05) is 0 Å². The van der Waals surface area contributed by atoms with Crippen LogP contribution in [0.5, 0.6) is 0 Å². The highest BCUT2D eigenvalue weighted by Gasteiger charge is 2.47. The summed E-state index contributed by atoms with van der Waals surface area (Å²) in [5.41, 5.74) is 36.1. The fourth-order valence-corrected chi connectivity index (χ4v) is 18.8. The Kier molecular flexibility index (Phi) is 17.5. The molecule has 0 N–H and O–H groups in total. The highest BCUT2D eigenvalue weighted by atomic mass is 15.2. The van der Waals surface area contributed by atoms with E-state index in [2.05, 4.69) is 410 Å². The number of hydrogen-bond acceptors (Lipinski definition) is 2. The van der Waals surface area contributed by atoms with Crippen molar-refractivity contribution in [3.05, 3.63) is 306 Å². The third kappa shape index (κ3) is 12.8. The van der Waals surface area contributed by atoms with Crippen LogP contribution in [0, 0.1) is 0 Å². The van der Waals surface area contributed by atoms with Crippen molar-refractivity contribution in [1.82, 2.24) is 9.13 Å². The van der Waals surface area contributed by atoms with E-state index >= 15 is 0 Å². The van der Waals surface area contributed by atoms with Crippen LogP contribution in [0.15, 0.2) is 267 Å². The third-order valence-corrected chi connectivity index (χ3v) is 25.4. The maximum absolute atomic E-state index is 2.82. The maximum Gasteiger partial charge on any atom is 0.252 e. The second kappa shape index (κ2) is 26.9. The Balaban J connectivity index is 1.05. The standard InChI is InChI=1S/C108H109BN4/c1-103(2,3)74-44-50-82-83-51-45-75(104(4,5)6)63-93(83)110(92(82)62-74)80-48-54-90-96(66-80)112(101-86(69-36-26-20-27-37-69)58-78(107(13,14)15)59-87(101)70-38-28-21-29-39-70)98-56-73(68-34-24-19-25-35-68)57-99-100(98)109(90)91-55-49-81(111-94-64-76(105(7,8)9)46-52-84(94)85-53-47-77(65-95(85)111)106(10,11)12)67-97(91)113(99)102-88(71-40-30-22-31-41-71)60-79(108(16,17)18)61-89(102)72-42-32-23-33-43-72/h20-23,26-33,36-68H,19,24-25,34-35H2,1-18H3. The van der Waals surface area contributed by atoms with Gasteiger partial charge in [-0.15, -0.1) is 0 Å². The lowest BCUT2D eigenvalue weighted by molar-refractivity contribution is 0.444. The smallest absolute Gasteiger partial charge is 0.252 e. The summed E-state index contributed by atoms with van der Waals surface area (Å²) in [6, 6.07) is 106. The third-order valence-electron chi connectivity index (χ3n) is 25.4. The first-order valence-electron chi connectivity index (χ1n) is 41.7. The highest BCUT2D eigenvalue weighted by molar-refractivity contribution is 7.00. The first-order valence-corrected chi connectivity index (χ1v) is 41.7. The van der Waals surface area contributed by atoms with Gasteiger partial charge in [-0.05, 0) is 214 Å². The molecule has 0 saturated heterocycles. The van der Waals surface area contributed by atoms with Crippen molar-refractivity contribution in [1.29, 1.82) is 0 Å². The van der Waals surface area contributed by atoms with Crippen molar-refractivity contribution in [2.45, 2.75) is 195 Å². The Hall–Kier alpha value is -10.9. The van der Waals surface area contributed by atoms with Gasteiger partial charge in [0.25, 0.3) is 6.71 Å². The average Bonchev–Trinajstić information content (AvgIpc) is 1.20. The SMILES string of the molecule is CC(C)(C)c1cc(-c2ccccc2)c(N2c3cc(-n4c5cc(C(C)(C)C)ccc5c5ccc(C(C)(C)C)cc54)ccc3B3c4ccc(-n5c6cc(C(C)(C)C)ccc6c6ccc(C(C)(C)C)cc65)cc4N(c4c(-c5ccccc5)cc(C(C)(C)C)cc4-c4ccccc4)c4cc(C5CCCCC5)cc2c43)c(-c2ccccc2)c1. The number of rotatable bonds is 9. The quantitative estimate of drug-likeness (QED) is 0.134. The summed E-state index contributed by atoms with van der Waals surface area (Å²) in [5.74, 6) is 0.321. The van der Waals surface area contributed by atoms with Gasteiger partial charge in [-0.1, -0.05) is 326 Å². The topological polar surface area (TPSA) is 16.3 Å². The van der Waals surface area contributed by atoms with Crippen molar-refractivity contribution < 1.29 is 0 Å². The second-order valence-corrected chi connectivity index (χ2v) is 39.3. The molecule has 1 aliphatic carbocycles. The maximum atomic E-state index is 2.82. The van der Waals surface area contributed by atoms with Crippen molar-refractivity contribution in [3.8, 4) is 55.9 Å². The summed E-state index contributed by atoms with van der Waals surface area (Å²) >= 11 is 0. The first-order chi connectivity index (χ1) is 53.8. The van der Waals surface area contributed by atoms with Crippen LogP contribution < -0.4 is 26.2 Å². The van der Waals surface area contributed by atoms with E-state index in [1.165, 1.54) is 197 Å². The van der Waals surface area contributed by atoms with Crippen molar-refractivity contribution in [2.75, 3.05) is 9.80 Å². The average molecular weight is 1470 g/mol. The first kappa shape index (κ1) is 73.6. The lowest BCUT2D eigenvalue weighted by Gasteiger charge is -2.46. The number of hydrogen-bond donors (Lipinski definition) is 0. The van der Waals surface area contributed by atoms with Crippen molar-refractivity contribution in [3.63, 3.8) is 0 Å². The molecule has 3 aliphatic rings. The van der Waals surface area contributed by atoms with Crippen LogP contribution in [0.3, 0.4) is 0 Å². The van der Waals surface area contributed by atoms with Crippen molar-refractivity contribution >= 4 is 101 Å². The largest absolute Gasteiger partial charge is 0.310 e. The Morgan fingerprint density at radius 3 is 0.823 bits per heavy atom. The van der Waals surface area contributed by atoms with E-state index < -0.39 is 0 Å². The van der Waals surface area contributed by atoms with Gasteiger partial charge in [0.1, 0.15) is 0 Å². The molecular weight excluding hydrogens is 1360 g/mol. The van der Waals surface area contributed by atoms with E-state index in [0.29, 0.717) is 5.92 Å². The summed E-state index contributed by atoms with van der Waals surface area (Å²) in [5, 5.41) is 5.04. The van der Waals surface area contributed by atoms with Crippen LogP contribution in [-0.2, 0) is 32.5 Å². The predicted octanol–water partition coefficient (Wildman–Crippen LogP) is 28.5. The van der Waals surface area contributed by atoms with E-state index in [0.717, 1.165) is 24.2 Å². The highest BCUT2D eigenvalue weighted by Crippen LogP contribution is 2.57. The molecule has 4 heterocycles. The minimum atomic E-state index is -0.235. The zero-order valence-electron chi connectivity index (χ0n) is 69.9. The number of fused-ring (bicyclic) bond motifs is 10. The van der Waals surface area contributed by atoms with E-state index in [1.54, 1.807) is 0 Å². The molecular formula is C108H109BN4. The molecule has 4 nitrogen and oxygen atoms in total. The van der Waals surface area contributed by atoms with E-state index in [9.17, 15) is 0 Å². The lowest BCUT2D eigenvalue weighted by atomic mass is 9.33. The van der Waals surface area contributed by atoms with Crippen LogP contribution in [0.1, 0.15) is 202 Å². The van der Waals surface area contributed by atoms with Gasteiger partial charge in [-0.3, -0.25) is 0 Å². The monoisotopic (exact) mass is 1470 g/mol. The molecule has 2 aromatic heterocycles. The summed E-state index contributed by atoms with van der Waals surface area (Å²) < 4.78 is 5.27. The molecule has 0 amide bonds. The molecule has 5 heteroatoms. The van der Waals surface area contributed by atoms with Gasteiger partial charge in [0.05, 0.1) is 33.4 Å². The van der Waals surface area contributed by atoms with E-state index in [-0.39, 0.29) is 39.2 Å². The van der Waals surface area contributed by atoms with Crippen LogP contribution in [0.4, 0.5) is 34.1 Å². The molecule has 0 unspecified atom stereocenters. The molecule has 113 heavy (non-hydrogen) atoms. The van der Waals surface area contributed by atoms with Gasteiger partial charge in [0.15, 0.2) is 0 Å². The Morgan fingerprint density at radius 1 is 0.265 bits per heavy atom. The Labute approximate surface area is 672 Å². The minimum Gasteiger partial charge on any atom is -0.310 e. The lowest BCUT2D eigenvalue weighted by Crippen LogP contribution is -2.61. The Morgan fingerprint density at radius 2 is 0.549 bits per heavy atom. The summed E-state index contributed by atoms with van der Waals surface area (Å²) in [6.07, 6.45) is 5.89. The zero-order valence-corrected chi connectivity index (χ0v) is 69.9. The molecule has 15 aromatic rings. The molecule has 2 aliphatic heterocycles. The van der Waals surface area contributed by atoms with Crippen LogP contribution in [0.2, 0.25) is 0 Å². The van der Waals surface area contributed by atoms with Gasteiger partial charge in [0.2, 0.25) is 0 Å². The predicted molar refractivity (Wildman–Crippen MR) is 489 cm³/mol. The number of nitrogens with zero attached hydrogens (tertiary/aromatic N) is 4. The summed E-state index contributed by atoms with van der Waals surface area (Å²) in [4.78, 5) is 5.64. The molecule has 0 radical (unpaired) electrons. The fourth-order valence-electron chi connectivity index (χ4n) is 18.8. The molecule has 1 saturated carbocycles. The van der Waals surface area contributed by atoms with Gasteiger partial charge >= 0.3 is 0 Å². The number of anilines is 6.